The fourth-order valence-electron chi connectivity index (χ4n) is 2.33. The fraction of sp³-hybridized carbons (Fsp3) is 0.429. The molecule has 1 aromatic rings. The Labute approximate surface area is 117 Å². The lowest BCUT2D eigenvalue weighted by atomic mass is 10.0. The molecule has 0 unspecified atom stereocenters. The third kappa shape index (κ3) is 2.89. The summed E-state index contributed by atoms with van der Waals surface area (Å²) in [7, 11) is 1.69. The molecular formula is C14H18ClNO3. The highest BCUT2D eigenvalue weighted by atomic mass is 35.5. The number of nitrogens with zero attached hydrogens (tertiary/aromatic N) is 1. The summed E-state index contributed by atoms with van der Waals surface area (Å²) in [6.07, 6.45) is 2.58. The third-order valence-electron chi connectivity index (χ3n) is 3.17. The van der Waals surface area contributed by atoms with E-state index in [1.54, 1.807) is 11.6 Å². The van der Waals surface area contributed by atoms with Crippen molar-refractivity contribution in [3.05, 3.63) is 29.1 Å². The van der Waals surface area contributed by atoms with Gasteiger partial charge in [-0.25, -0.2) is 4.79 Å². The van der Waals surface area contributed by atoms with Gasteiger partial charge in [-0.2, -0.15) is 0 Å². The molecule has 4 nitrogen and oxygen atoms in total. The van der Waals surface area contributed by atoms with E-state index in [2.05, 4.69) is 6.58 Å². The molecule has 1 aromatic heterocycles. The van der Waals surface area contributed by atoms with Crippen molar-refractivity contribution < 1.29 is 14.7 Å². The summed E-state index contributed by atoms with van der Waals surface area (Å²) in [4.78, 5) is 22.5. The van der Waals surface area contributed by atoms with Crippen molar-refractivity contribution in [3.63, 3.8) is 0 Å². The number of carbonyl (C=O) groups is 2. The van der Waals surface area contributed by atoms with Crippen LogP contribution in [0.1, 0.15) is 51.9 Å². The number of hydrogen-bond donors (Lipinski definition) is 1. The van der Waals surface area contributed by atoms with Crippen molar-refractivity contribution in [2.24, 2.45) is 7.05 Å². The second-order valence-electron chi connectivity index (χ2n) is 4.32. The van der Waals surface area contributed by atoms with Crippen LogP contribution >= 0.6 is 11.6 Å². The van der Waals surface area contributed by atoms with E-state index in [9.17, 15) is 14.7 Å². The molecule has 1 heterocycles. The number of alkyl halides is 1. The molecular weight excluding hydrogens is 266 g/mol. The van der Waals surface area contributed by atoms with Gasteiger partial charge in [0.25, 0.3) is 0 Å². The molecule has 0 fully saturated rings. The minimum Gasteiger partial charge on any atom is -0.478 e. The molecule has 0 saturated heterocycles. The van der Waals surface area contributed by atoms with E-state index in [4.69, 9.17) is 11.6 Å². The van der Waals surface area contributed by atoms with Gasteiger partial charge in [0.1, 0.15) is 0 Å². The van der Waals surface area contributed by atoms with Crippen LogP contribution in [0.2, 0.25) is 0 Å². The maximum absolute atomic E-state index is 11.3. The number of rotatable bonds is 7. The lowest BCUT2D eigenvalue weighted by molar-refractivity contribution is 0.0692. The van der Waals surface area contributed by atoms with Crippen LogP contribution in [0.25, 0.3) is 5.57 Å². The maximum Gasteiger partial charge on any atom is 0.338 e. The standard InChI is InChI=1S/C14H18ClNO3/c1-4-10-12(14(18)19)11(8-17)16(3)13(10)9(2)6-5-7-15/h8H,2,4-7H2,1,3H3,(H,18,19). The second-order valence-corrected chi connectivity index (χ2v) is 4.70. The van der Waals surface area contributed by atoms with Crippen LogP contribution in [0.5, 0.6) is 0 Å². The van der Waals surface area contributed by atoms with Crippen LogP contribution in [0.3, 0.4) is 0 Å². The van der Waals surface area contributed by atoms with Crippen molar-refractivity contribution in [2.75, 3.05) is 5.88 Å². The summed E-state index contributed by atoms with van der Waals surface area (Å²) in [5, 5.41) is 9.28. The predicted molar refractivity (Wildman–Crippen MR) is 76.1 cm³/mol. The van der Waals surface area contributed by atoms with E-state index >= 15 is 0 Å². The molecule has 0 aliphatic carbocycles. The lowest BCUT2D eigenvalue weighted by Crippen LogP contribution is -2.04. The molecule has 0 atom stereocenters. The Morgan fingerprint density at radius 3 is 2.58 bits per heavy atom. The third-order valence-corrected chi connectivity index (χ3v) is 3.43. The van der Waals surface area contributed by atoms with Gasteiger partial charge in [-0.15, -0.1) is 11.6 Å². The molecule has 0 bridgehead atoms. The van der Waals surface area contributed by atoms with E-state index < -0.39 is 5.97 Å². The summed E-state index contributed by atoms with van der Waals surface area (Å²) in [5.74, 6) is -0.553. The van der Waals surface area contributed by atoms with Gasteiger partial charge in [0.2, 0.25) is 0 Å². The number of carbonyl (C=O) groups excluding carboxylic acids is 1. The first-order valence-electron chi connectivity index (χ1n) is 6.13. The molecule has 5 heteroatoms. The Balaban J connectivity index is 3.43. The van der Waals surface area contributed by atoms with Gasteiger partial charge in [-0.05, 0) is 30.4 Å². The normalized spacial score (nSPS) is 10.5. The molecule has 0 aliphatic heterocycles. The number of hydrogen-bond acceptors (Lipinski definition) is 2. The molecule has 19 heavy (non-hydrogen) atoms. The molecule has 0 aliphatic rings. The number of aromatic nitrogens is 1. The topological polar surface area (TPSA) is 59.3 Å². The van der Waals surface area contributed by atoms with Gasteiger partial charge in [0.15, 0.2) is 6.29 Å². The van der Waals surface area contributed by atoms with Gasteiger partial charge < -0.3 is 9.67 Å². The molecule has 1 N–H and O–H groups in total. The zero-order chi connectivity index (χ0) is 14.6. The number of halogens is 1. The van der Waals surface area contributed by atoms with E-state index in [-0.39, 0.29) is 11.3 Å². The van der Waals surface area contributed by atoms with Crippen LogP contribution in [-0.2, 0) is 13.5 Å². The molecule has 0 spiro atoms. The molecule has 104 valence electrons. The Morgan fingerprint density at radius 1 is 1.53 bits per heavy atom. The minimum absolute atomic E-state index is 0.0852. The maximum atomic E-state index is 11.3. The van der Waals surface area contributed by atoms with E-state index in [1.807, 2.05) is 6.92 Å². The summed E-state index contributed by atoms with van der Waals surface area (Å²) < 4.78 is 1.62. The highest BCUT2D eigenvalue weighted by molar-refractivity contribution is 6.17. The van der Waals surface area contributed by atoms with Gasteiger partial charge in [-0.3, -0.25) is 4.79 Å². The Bertz CT molecular complexity index is 517. The van der Waals surface area contributed by atoms with Crippen LogP contribution in [0.4, 0.5) is 0 Å². The zero-order valence-electron chi connectivity index (χ0n) is 11.2. The summed E-state index contributed by atoms with van der Waals surface area (Å²) in [5.41, 5.74) is 2.49. The lowest BCUT2D eigenvalue weighted by Gasteiger charge is -2.10. The Morgan fingerprint density at radius 2 is 2.16 bits per heavy atom. The quantitative estimate of drug-likeness (QED) is 0.618. The smallest absolute Gasteiger partial charge is 0.338 e. The molecule has 0 aromatic carbocycles. The van der Waals surface area contributed by atoms with Crippen molar-refractivity contribution in [3.8, 4) is 0 Å². The van der Waals surface area contributed by atoms with Crippen molar-refractivity contribution in [1.29, 1.82) is 0 Å². The van der Waals surface area contributed by atoms with Crippen molar-refractivity contribution in [2.45, 2.75) is 26.2 Å². The summed E-state index contributed by atoms with van der Waals surface area (Å²) in [6, 6.07) is 0. The molecule has 0 saturated carbocycles. The van der Waals surface area contributed by atoms with Crippen molar-refractivity contribution >= 4 is 29.4 Å². The predicted octanol–water partition coefficient (Wildman–Crippen LogP) is 3.13. The van der Waals surface area contributed by atoms with Crippen LogP contribution in [0.15, 0.2) is 6.58 Å². The van der Waals surface area contributed by atoms with E-state index in [0.717, 1.165) is 17.7 Å². The number of aldehydes is 1. The monoisotopic (exact) mass is 283 g/mol. The highest BCUT2D eigenvalue weighted by Crippen LogP contribution is 2.29. The Hall–Kier alpha value is -1.55. The molecule has 1 rings (SSSR count). The van der Waals surface area contributed by atoms with Gasteiger partial charge in [0, 0.05) is 18.6 Å². The van der Waals surface area contributed by atoms with Crippen molar-refractivity contribution in [1.82, 2.24) is 4.57 Å². The van der Waals surface area contributed by atoms with Crippen LogP contribution in [0, 0.1) is 0 Å². The first-order valence-corrected chi connectivity index (χ1v) is 6.67. The number of carboxylic acids is 1. The Kier molecular flexibility index (Phi) is 5.36. The molecule has 0 amide bonds. The zero-order valence-corrected chi connectivity index (χ0v) is 12.0. The minimum atomic E-state index is -1.08. The molecule has 0 radical (unpaired) electrons. The first kappa shape index (κ1) is 15.5. The second kappa shape index (κ2) is 6.57. The van der Waals surface area contributed by atoms with Gasteiger partial charge in [-0.1, -0.05) is 13.5 Å². The highest BCUT2D eigenvalue weighted by Gasteiger charge is 2.25. The first-order chi connectivity index (χ1) is 8.99. The van der Waals surface area contributed by atoms with Gasteiger partial charge in [0.05, 0.1) is 11.3 Å². The van der Waals surface area contributed by atoms with E-state index in [1.165, 1.54) is 0 Å². The fourth-order valence-corrected chi connectivity index (χ4v) is 2.47. The average Bonchev–Trinajstić information content (AvgIpc) is 2.67. The van der Waals surface area contributed by atoms with Crippen LogP contribution < -0.4 is 0 Å². The number of carboxylic acid groups (broad SMARTS) is 1. The summed E-state index contributed by atoms with van der Waals surface area (Å²) in [6.45, 7) is 5.86. The largest absolute Gasteiger partial charge is 0.478 e. The summed E-state index contributed by atoms with van der Waals surface area (Å²) >= 11 is 5.66. The van der Waals surface area contributed by atoms with Crippen LogP contribution in [-0.4, -0.2) is 27.8 Å². The number of allylic oxidation sites excluding steroid dienone is 1. The van der Waals surface area contributed by atoms with E-state index in [0.29, 0.717) is 30.6 Å². The average molecular weight is 284 g/mol. The SMILES string of the molecule is C=C(CCCCl)c1c(CC)c(C(=O)O)c(C=O)n1C. The number of aromatic carboxylic acids is 1. The van der Waals surface area contributed by atoms with Gasteiger partial charge >= 0.3 is 5.97 Å².